The Morgan fingerprint density at radius 1 is 1.07 bits per heavy atom. The van der Waals surface area contributed by atoms with Crippen LogP contribution < -0.4 is 16.0 Å². The second-order valence-corrected chi connectivity index (χ2v) is 9.06. The third-order valence-corrected chi connectivity index (χ3v) is 6.34. The van der Waals surface area contributed by atoms with Crippen molar-refractivity contribution in [3.63, 3.8) is 0 Å². The molecule has 4 rings (SSSR count). The Labute approximate surface area is 166 Å². The average molecular weight is 413 g/mol. The number of sulfone groups is 1. The van der Waals surface area contributed by atoms with Crippen molar-refractivity contribution in [2.45, 2.75) is 12.5 Å². The number of hydrogen-bond acceptors (Lipinski definition) is 5. The molecule has 0 unspecified atom stereocenters. The van der Waals surface area contributed by atoms with Crippen molar-refractivity contribution in [2.24, 2.45) is 0 Å². The molecule has 1 atom stereocenters. The molecule has 9 nitrogen and oxygen atoms in total. The fraction of sp³-hybridized carbons (Fsp3) is 0.211. The van der Waals surface area contributed by atoms with E-state index in [0.717, 1.165) is 11.0 Å². The molecule has 10 heteroatoms. The van der Waals surface area contributed by atoms with Gasteiger partial charge in [0.1, 0.15) is 0 Å². The van der Waals surface area contributed by atoms with Crippen LogP contribution in [0.1, 0.15) is 16.8 Å². The van der Waals surface area contributed by atoms with E-state index < -0.39 is 21.9 Å². The van der Waals surface area contributed by atoms with Gasteiger partial charge in [-0.2, -0.15) is 0 Å². The number of amides is 3. The first kappa shape index (κ1) is 18.9. The second kappa shape index (κ2) is 7.55. The van der Waals surface area contributed by atoms with E-state index in [1.807, 2.05) is 24.3 Å². The molecule has 1 aliphatic heterocycles. The predicted octanol–water partition coefficient (Wildman–Crippen LogP) is 2.12. The number of urea groups is 1. The van der Waals surface area contributed by atoms with Crippen molar-refractivity contribution in [3.8, 4) is 0 Å². The van der Waals surface area contributed by atoms with Crippen LogP contribution in [0.5, 0.6) is 0 Å². The number of aromatic nitrogens is 2. The van der Waals surface area contributed by atoms with Gasteiger partial charge in [0.25, 0.3) is 5.91 Å². The number of nitrogens with zero attached hydrogens (tertiary/aromatic N) is 1. The molecule has 1 aromatic heterocycles. The fourth-order valence-electron chi connectivity index (χ4n) is 3.19. The van der Waals surface area contributed by atoms with E-state index in [-0.39, 0.29) is 17.4 Å². The third kappa shape index (κ3) is 4.54. The molecule has 3 amide bonds. The molecule has 0 saturated carbocycles. The summed E-state index contributed by atoms with van der Waals surface area (Å²) in [5, 5.41) is 7.97. The number of imidazole rings is 1. The Balaban J connectivity index is 1.40. The summed E-state index contributed by atoms with van der Waals surface area (Å²) in [7, 11) is -3.08. The van der Waals surface area contributed by atoms with Gasteiger partial charge in [-0.05, 0) is 36.8 Å². The number of H-pyrrole nitrogens is 1. The zero-order chi connectivity index (χ0) is 20.4. The molecule has 4 N–H and O–H groups in total. The number of aromatic amines is 1. The normalized spacial score (nSPS) is 17.7. The minimum Gasteiger partial charge on any atom is -0.334 e. The molecule has 2 aromatic carbocycles. The van der Waals surface area contributed by atoms with Crippen LogP contribution in [-0.2, 0) is 9.84 Å². The minimum atomic E-state index is -3.08. The van der Waals surface area contributed by atoms with Gasteiger partial charge in [0.15, 0.2) is 9.84 Å². The smallest absolute Gasteiger partial charge is 0.319 e. The fourth-order valence-corrected chi connectivity index (χ4v) is 4.86. The Morgan fingerprint density at radius 2 is 1.90 bits per heavy atom. The number of benzene rings is 2. The number of hydrogen-bond donors (Lipinski definition) is 4. The van der Waals surface area contributed by atoms with E-state index in [0.29, 0.717) is 23.6 Å². The van der Waals surface area contributed by atoms with E-state index in [1.54, 1.807) is 18.2 Å². The lowest BCUT2D eigenvalue weighted by Crippen LogP contribution is -2.38. The van der Waals surface area contributed by atoms with Gasteiger partial charge < -0.3 is 15.6 Å². The molecule has 3 aromatic rings. The van der Waals surface area contributed by atoms with Gasteiger partial charge in [0.2, 0.25) is 5.95 Å². The maximum absolute atomic E-state index is 12.5. The number of fused-ring (bicyclic) bond motifs is 1. The van der Waals surface area contributed by atoms with Crippen LogP contribution in [0.4, 0.5) is 16.4 Å². The first-order chi connectivity index (χ1) is 13.9. The zero-order valence-electron chi connectivity index (χ0n) is 15.3. The van der Waals surface area contributed by atoms with Crippen molar-refractivity contribution >= 4 is 44.4 Å². The highest BCUT2D eigenvalue weighted by Crippen LogP contribution is 2.16. The Kier molecular flexibility index (Phi) is 4.93. The van der Waals surface area contributed by atoms with Gasteiger partial charge in [0.05, 0.1) is 22.5 Å². The molecular formula is C19H19N5O4S. The molecule has 1 fully saturated rings. The zero-order valence-corrected chi connectivity index (χ0v) is 16.1. The van der Waals surface area contributed by atoms with Crippen LogP contribution in [0.15, 0.2) is 48.5 Å². The summed E-state index contributed by atoms with van der Waals surface area (Å²) >= 11 is 0. The second-order valence-electron chi connectivity index (χ2n) is 6.84. The lowest BCUT2D eigenvalue weighted by Gasteiger charge is -2.12. The maximum atomic E-state index is 12.5. The van der Waals surface area contributed by atoms with Gasteiger partial charge in [0, 0.05) is 17.3 Å². The summed E-state index contributed by atoms with van der Waals surface area (Å²) in [5.41, 5.74) is 2.31. The Morgan fingerprint density at radius 3 is 2.66 bits per heavy atom. The van der Waals surface area contributed by atoms with Crippen LogP contribution in [0, 0.1) is 0 Å². The van der Waals surface area contributed by atoms with Crippen molar-refractivity contribution in [1.82, 2.24) is 15.3 Å². The maximum Gasteiger partial charge on any atom is 0.319 e. The Bertz CT molecular complexity index is 1160. The van der Waals surface area contributed by atoms with Gasteiger partial charge in [-0.15, -0.1) is 0 Å². The molecule has 0 aliphatic carbocycles. The predicted molar refractivity (Wildman–Crippen MR) is 110 cm³/mol. The van der Waals surface area contributed by atoms with Gasteiger partial charge in [-0.3, -0.25) is 10.1 Å². The molecule has 29 heavy (non-hydrogen) atoms. The summed E-state index contributed by atoms with van der Waals surface area (Å²) in [6.45, 7) is 0. The highest BCUT2D eigenvalue weighted by Gasteiger charge is 2.28. The number of nitrogens with one attached hydrogen (secondary N) is 4. The largest absolute Gasteiger partial charge is 0.334 e. The van der Waals surface area contributed by atoms with Crippen molar-refractivity contribution < 1.29 is 18.0 Å². The Hall–Kier alpha value is -3.40. The quantitative estimate of drug-likeness (QED) is 0.520. The molecule has 1 aliphatic rings. The highest BCUT2D eigenvalue weighted by molar-refractivity contribution is 7.91. The average Bonchev–Trinajstić information content (AvgIpc) is 3.23. The topological polar surface area (TPSA) is 133 Å². The third-order valence-electron chi connectivity index (χ3n) is 4.57. The number of rotatable bonds is 4. The summed E-state index contributed by atoms with van der Waals surface area (Å²) in [5.74, 6) is -0.0276. The number of para-hydroxylation sites is 2. The number of anilines is 2. The first-order valence-corrected chi connectivity index (χ1v) is 10.8. The summed E-state index contributed by atoms with van der Waals surface area (Å²) < 4.78 is 23.0. The van der Waals surface area contributed by atoms with Gasteiger partial charge in [-0.1, -0.05) is 18.2 Å². The van der Waals surface area contributed by atoms with E-state index in [4.69, 9.17) is 0 Å². The molecule has 1 saturated heterocycles. The van der Waals surface area contributed by atoms with E-state index in [1.165, 1.54) is 6.07 Å². The lowest BCUT2D eigenvalue weighted by molar-refractivity contribution is 0.102. The van der Waals surface area contributed by atoms with Gasteiger partial charge in [-0.25, -0.2) is 18.2 Å². The first-order valence-electron chi connectivity index (χ1n) is 9.02. The summed E-state index contributed by atoms with van der Waals surface area (Å²) in [4.78, 5) is 32.0. The number of carbonyl (C=O) groups is 2. The molecule has 0 radical (unpaired) electrons. The molecular weight excluding hydrogens is 394 g/mol. The SMILES string of the molecule is O=C(Nc1cccc(C(=O)Nc2nc3ccccc3[nH]2)c1)N[C@H]1CCS(=O)(=O)C1. The minimum absolute atomic E-state index is 0.0552. The molecule has 0 spiro atoms. The standard InChI is InChI=1S/C19H19N5O4S/c25-17(24-18-22-15-6-1-2-7-16(15)23-18)12-4-3-5-13(10-12)20-19(26)21-14-8-9-29(27,28)11-14/h1-7,10,14H,8-9,11H2,(H2,20,21,26)(H2,22,23,24,25)/t14-/m0/s1. The van der Waals surface area contributed by atoms with E-state index >= 15 is 0 Å². The van der Waals surface area contributed by atoms with Crippen LogP contribution in [0.25, 0.3) is 11.0 Å². The lowest BCUT2D eigenvalue weighted by atomic mass is 10.2. The van der Waals surface area contributed by atoms with E-state index in [9.17, 15) is 18.0 Å². The van der Waals surface area contributed by atoms with Crippen molar-refractivity contribution in [1.29, 1.82) is 0 Å². The monoisotopic (exact) mass is 413 g/mol. The molecule has 0 bridgehead atoms. The van der Waals surface area contributed by atoms with Crippen molar-refractivity contribution in [2.75, 3.05) is 22.1 Å². The van der Waals surface area contributed by atoms with E-state index in [2.05, 4.69) is 25.9 Å². The van der Waals surface area contributed by atoms with Crippen LogP contribution in [-0.4, -0.2) is 47.9 Å². The highest BCUT2D eigenvalue weighted by atomic mass is 32.2. The van der Waals surface area contributed by atoms with Gasteiger partial charge >= 0.3 is 6.03 Å². The van der Waals surface area contributed by atoms with Crippen LogP contribution in [0.3, 0.4) is 0 Å². The molecule has 150 valence electrons. The summed E-state index contributed by atoms with van der Waals surface area (Å²) in [6.07, 6.45) is 0.399. The van der Waals surface area contributed by atoms with Crippen LogP contribution in [0.2, 0.25) is 0 Å². The number of carbonyl (C=O) groups excluding carboxylic acids is 2. The van der Waals surface area contributed by atoms with Crippen LogP contribution >= 0.6 is 0 Å². The summed E-state index contributed by atoms with van der Waals surface area (Å²) in [6, 6.07) is 12.9. The molecule has 2 heterocycles. The van der Waals surface area contributed by atoms with Crippen molar-refractivity contribution in [3.05, 3.63) is 54.1 Å².